The molecule has 22 heavy (non-hydrogen) atoms. The molecular weight excluding hydrogens is 296 g/mol. The number of phenols is 2. The molecule has 0 fully saturated rings. The number of aromatic hydroxyl groups is 2. The van der Waals surface area contributed by atoms with E-state index >= 15 is 0 Å². The molecule has 3 rings (SSSR count). The lowest BCUT2D eigenvalue weighted by molar-refractivity contribution is -0.172. The molecule has 1 aliphatic rings. The van der Waals surface area contributed by atoms with E-state index in [9.17, 15) is 30.6 Å². The van der Waals surface area contributed by atoms with Gasteiger partial charge in [-0.2, -0.15) is 0 Å². The van der Waals surface area contributed by atoms with E-state index in [2.05, 4.69) is 0 Å². The van der Waals surface area contributed by atoms with E-state index < -0.39 is 30.4 Å². The molecular formula is C14H14O8. The van der Waals surface area contributed by atoms with Gasteiger partial charge in [-0.05, 0) is 18.2 Å². The first-order valence-corrected chi connectivity index (χ1v) is 6.42. The number of aliphatic hydroxyl groups excluding tert-OH is 4. The quantitative estimate of drug-likeness (QED) is 0.420. The lowest BCUT2D eigenvalue weighted by Crippen LogP contribution is -2.43. The highest BCUT2D eigenvalue weighted by atomic mass is 16.6. The fraction of sp³-hybridized carbons (Fsp3) is 0.286. The number of phenolic OH excluding ortho intramolecular Hbond substituents is 2. The first-order chi connectivity index (χ1) is 10.4. The molecule has 0 radical (unpaired) electrons. The molecule has 0 aliphatic carbocycles. The van der Waals surface area contributed by atoms with Crippen molar-refractivity contribution in [1.82, 2.24) is 0 Å². The fourth-order valence-electron chi connectivity index (χ4n) is 2.27. The van der Waals surface area contributed by atoms with Crippen molar-refractivity contribution in [3.05, 3.63) is 35.8 Å². The second kappa shape index (κ2) is 5.18. The zero-order valence-electron chi connectivity index (χ0n) is 11.1. The molecule has 2 heterocycles. The van der Waals surface area contributed by atoms with Gasteiger partial charge in [0.1, 0.15) is 24.1 Å². The van der Waals surface area contributed by atoms with Gasteiger partial charge in [0.2, 0.25) is 12.0 Å². The van der Waals surface area contributed by atoms with Crippen molar-refractivity contribution < 1.29 is 39.8 Å². The average Bonchev–Trinajstić information content (AvgIpc) is 2.93. The fourth-order valence-corrected chi connectivity index (χ4v) is 2.27. The summed E-state index contributed by atoms with van der Waals surface area (Å²) in [5, 5.41) is 58.5. The van der Waals surface area contributed by atoms with Crippen LogP contribution in [0.5, 0.6) is 11.5 Å². The minimum Gasteiger partial charge on any atom is -0.504 e. The Morgan fingerprint density at radius 1 is 1.09 bits per heavy atom. The van der Waals surface area contributed by atoms with Crippen molar-refractivity contribution in [2.45, 2.75) is 24.6 Å². The van der Waals surface area contributed by atoms with E-state index in [0.29, 0.717) is 5.39 Å². The summed E-state index contributed by atoms with van der Waals surface area (Å²) in [7, 11) is 0. The van der Waals surface area contributed by atoms with Crippen molar-refractivity contribution in [3.8, 4) is 11.5 Å². The first-order valence-electron chi connectivity index (χ1n) is 6.42. The monoisotopic (exact) mass is 310 g/mol. The molecule has 6 N–H and O–H groups in total. The van der Waals surface area contributed by atoms with Gasteiger partial charge in [-0.25, -0.2) is 0 Å². The summed E-state index contributed by atoms with van der Waals surface area (Å²) in [5.74, 6) is -0.879. The zero-order valence-corrected chi connectivity index (χ0v) is 11.1. The third-order valence-corrected chi connectivity index (χ3v) is 3.54. The van der Waals surface area contributed by atoms with E-state index in [0.717, 1.165) is 6.26 Å². The summed E-state index contributed by atoms with van der Waals surface area (Å²) < 4.78 is 10.0. The summed E-state index contributed by atoms with van der Waals surface area (Å²) in [6.45, 7) is 0. The summed E-state index contributed by atoms with van der Waals surface area (Å²) in [6, 6.07) is 4.15. The maximum Gasteiger partial charge on any atom is 0.225 e. The van der Waals surface area contributed by atoms with E-state index in [1.165, 1.54) is 18.2 Å². The highest BCUT2D eigenvalue weighted by Gasteiger charge is 2.37. The standard InChI is InChI=1S/C14H14O8/c15-7-2-1-5-3-8(22-13(5)11(7)18)9(16)6-4-21-14(20)12(19)10(6)17/h1-4,9-10,12,14-20H/t9-,10+,12-,14+/m1/s1. The van der Waals surface area contributed by atoms with Crippen LogP contribution in [0, 0.1) is 0 Å². The van der Waals surface area contributed by atoms with Crippen LogP contribution in [0.4, 0.5) is 0 Å². The number of hydrogen-bond donors (Lipinski definition) is 6. The van der Waals surface area contributed by atoms with Crippen molar-refractivity contribution >= 4 is 11.0 Å². The molecule has 0 unspecified atom stereocenters. The van der Waals surface area contributed by atoms with Crippen LogP contribution in [0.25, 0.3) is 11.0 Å². The van der Waals surface area contributed by atoms with Crippen LogP contribution < -0.4 is 0 Å². The summed E-state index contributed by atoms with van der Waals surface area (Å²) in [4.78, 5) is 0. The van der Waals surface area contributed by atoms with Gasteiger partial charge in [0.25, 0.3) is 0 Å². The maximum atomic E-state index is 10.2. The van der Waals surface area contributed by atoms with Gasteiger partial charge in [0.05, 0.1) is 6.26 Å². The van der Waals surface area contributed by atoms with E-state index in [-0.39, 0.29) is 22.7 Å². The van der Waals surface area contributed by atoms with E-state index in [1.807, 2.05) is 0 Å². The van der Waals surface area contributed by atoms with Crippen LogP contribution in [-0.4, -0.2) is 49.1 Å². The van der Waals surface area contributed by atoms with Crippen LogP contribution in [0.3, 0.4) is 0 Å². The Morgan fingerprint density at radius 3 is 2.55 bits per heavy atom. The molecule has 1 aromatic heterocycles. The van der Waals surface area contributed by atoms with E-state index in [4.69, 9.17) is 9.15 Å². The van der Waals surface area contributed by atoms with Crippen molar-refractivity contribution in [2.75, 3.05) is 0 Å². The Hall–Kier alpha value is -2.26. The van der Waals surface area contributed by atoms with Crippen LogP contribution in [0.2, 0.25) is 0 Å². The summed E-state index contributed by atoms with van der Waals surface area (Å²) in [6.07, 6.45) is -5.28. The zero-order chi connectivity index (χ0) is 16.0. The van der Waals surface area contributed by atoms with Crippen molar-refractivity contribution in [3.63, 3.8) is 0 Å². The third kappa shape index (κ3) is 2.18. The van der Waals surface area contributed by atoms with Crippen molar-refractivity contribution in [1.29, 1.82) is 0 Å². The largest absolute Gasteiger partial charge is 0.504 e. The van der Waals surface area contributed by atoms with Gasteiger partial charge in [-0.3, -0.25) is 0 Å². The molecule has 0 saturated carbocycles. The summed E-state index contributed by atoms with van der Waals surface area (Å²) >= 11 is 0. The molecule has 4 atom stereocenters. The Balaban J connectivity index is 1.99. The van der Waals surface area contributed by atoms with E-state index in [1.54, 1.807) is 0 Å². The predicted octanol–water partition coefficient (Wildman–Crippen LogP) is -0.168. The Labute approximate surface area is 123 Å². The number of rotatable bonds is 2. The third-order valence-electron chi connectivity index (χ3n) is 3.54. The number of ether oxygens (including phenoxy) is 1. The molecule has 8 heteroatoms. The second-order valence-corrected chi connectivity index (χ2v) is 4.98. The topological polar surface area (TPSA) is 144 Å². The molecule has 0 saturated heterocycles. The minimum absolute atomic E-state index is 0.0264. The molecule has 2 aromatic rings. The predicted molar refractivity (Wildman–Crippen MR) is 71.7 cm³/mol. The lowest BCUT2D eigenvalue weighted by atomic mass is 9.97. The van der Waals surface area contributed by atoms with Crippen LogP contribution >= 0.6 is 0 Å². The lowest BCUT2D eigenvalue weighted by Gasteiger charge is -2.30. The smallest absolute Gasteiger partial charge is 0.225 e. The molecule has 0 amide bonds. The average molecular weight is 310 g/mol. The normalized spacial score (nSPS) is 26.5. The van der Waals surface area contributed by atoms with Crippen LogP contribution in [0.1, 0.15) is 11.9 Å². The Bertz CT molecular complexity index is 734. The van der Waals surface area contributed by atoms with Gasteiger partial charge in [0, 0.05) is 11.0 Å². The SMILES string of the molecule is Oc1ccc2cc([C@H](O)C3=CO[C@H](O)[C@H](O)[C@H]3O)oc2c1O. The molecule has 8 nitrogen and oxygen atoms in total. The Kier molecular flexibility index (Phi) is 3.45. The first kappa shape index (κ1) is 14.7. The summed E-state index contributed by atoms with van der Waals surface area (Å²) in [5.41, 5.74) is -0.137. The molecule has 1 aliphatic heterocycles. The molecule has 0 spiro atoms. The number of furan rings is 1. The maximum absolute atomic E-state index is 10.2. The molecule has 118 valence electrons. The number of benzene rings is 1. The van der Waals surface area contributed by atoms with Gasteiger partial charge in [-0.15, -0.1) is 0 Å². The Morgan fingerprint density at radius 2 is 1.82 bits per heavy atom. The highest BCUT2D eigenvalue weighted by molar-refractivity contribution is 5.86. The second-order valence-electron chi connectivity index (χ2n) is 4.98. The highest BCUT2D eigenvalue weighted by Crippen LogP contribution is 2.38. The van der Waals surface area contributed by atoms with Gasteiger partial charge >= 0.3 is 0 Å². The minimum atomic E-state index is -1.61. The molecule has 0 bridgehead atoms. The number of aliphatic hydroxyl groups is 4. The molecule has 1 aromatic carbocycles. The number of hydrogen-bond acceptors (Lipinski definition) is 8. The van der Waals surface area contributed by atoms with Gasteiger partial charge < -0.3 is 39.8 Å². The van der Waals surface area contributed by atoms with Gasteiger partial charge in [-0.1, -0.05) is 0 Å². The van der Waals surface area contributed by atoms with Gasteiger partial charge in [0.15, 0.2) is 11.3 Å². The van der Waals surface area contributed by atoms with Crippen LogP contribution in [0.15, 0.2) is 34.5 Å². The van der Waals surface area contributed by atoms with Crippen molar-refractivity contribution in [2.24, 2.45) is 0 Å². The number of fused-ring (bicyclic) bond motifs is 1. The van der Waals surface area contributed by atoms with Crippen LogP contribution in [-0.2, 0) is 4.74 Å².